The van der Waals surface area contributed by atoms with E-state index in [9.17, 15) is 9.59 Å². The van der Waals surface area contributed by atoms with Crippen LogP contribution >= 0.6 is 0 Å². The normalized spacial score (nSPS) is 41.7. The highest BCUT2D eigenvalue weighted by Crippen LogP contribution is 2.63. The van der Waals surface area contributed by atoms with Gasteiger partial charge in [-0.1, -0.05) is 6.92 Å². The van der Waals surface area contributed by atoms with Gasteiger partial charge in [-0.25, -0.2) is 0 Å². The maximum atomic E-state index is 11.0. The Kier molecular flexibility index (Phi) is 1.38. The van der Waals surface area contributed by atoms with E-state index in [2.05, 4.69) is 0 Å². The zero-order chi connectivity index (χ0) is 8.86. The molecular weight excluding hydrogens is 142 g/mol. The average Bonchev–Trinajstić information content (AvgIpc) is 2.39. The lowest BCUT2D eigenvalue weighted by Gasteiger charge is -2.11. The maximum Gasteiger partial charge on any atom is 0.224 e. The van der Waals surface area contributed by atoms with Gasteiger partial charge in [-0.2, -0.15) is 0 Å². The highest BCUT2D eigenvalue weighted by Gasteiger charge is 2.67. The highest BCUT2D eigenvalue weighted by atomic mass is 16.2. The first-order valence-corrected chi connectivity index (χ1v) is 3.65. The Morgan fingerprint density at radius 2 is 1.73 bits per heavy atom. The second kappa shape index (κ2) is 1.84. The van der Waals surface area contributed by atoms with Gasteiger partial charge < -0.3 is 5.73 Å². The van der Waals surface area contributed by atoms with Crippen LogP contribution in [0, 0.1) is 10.8 Å². The number of hydrogen-bond donors (Lipinski definition) is 1. The largest absolute Gasteiger partial charge is 0.369 e. The number of ketones is 1. The van der Waals surface area contributed by atoms with Crippen molar-refractivity contribution in [3.63, 3.8) is 0 Å². The summed E-state index contributed by atoms with van der Waals surface area (Å²) in [5, 5.41) is 0. The van der Waals surface area contributed by atoms with Crippen LogP contribution in [0.2, 0.25) is 0 Å². The minimum Gasteiger partial charge on any atom is -0.369 e. The number of carbonyl (C=O) groups excluding carboxylic acids is 2. The van der Waals surface area contributed by atoms with Crippen LogP contribution in [0.25, 0.3) is 0 Å². The highest BCUT2D eigenvalue weighted by molar-refractivity contribution is 5.97. The van der Waals surface area contributed by atoms with Gasteiger partial charge >= 0.3 is 0 Å². The summed E-state index contributed by atoms with van der Waals surface area (Å²) < 4.78 is 0. The molecule has 3 nitrogen and oxygen atoms in total. The molecule has 0 bridgehead atoms. The lowest BCUT2D eigenvalue weighted by molar-refractivity contribution is -0.129. The van der Waals surface area contributed by atoms with E-state index in [1.807, 2.05) is 0 Å². The summed E-state index contributed by atoms with van der Waals surface area (Å²) in [7, 11) is 0. The van der Waals surface area contributed by atoms with Gasteiger partial charge in [0.05, 0.1) is 5.41 Å². The third-order valence-corrected chi connectivity index (χ3v) is 3.12. The van der Waals surface area contributed by atoms with E-state index in [4.69, 9.17) is 5.73 Å². The topological polar surface area (TPSA) is 60.2 Å². The zero-order valence-corrected chi connectivity index (χ0v) is 7.10. The molecule has 62 valence electrons. The Balaban J connectivity index is 2.87. The van der Waals surface area contributed by atoms with E-state index in [0.717, 1.165) is 0 Å². The third kappa shape index (κ3) is 0.800. The molecule has 1 aliphatic rings. The van der Waals surface area contributed by atoms with E-state index < -0.39 is 10.8 Å². The van der Waals surface area contributed by atoms with Crippen molar-refractivity contribution >= 4 is 11.7 Å². The van der Waals surface area contributed by atoms with Crippen LogP contribution in [-0.4, -0.2) is 11.7 Å². The number of nitrogens with two attached hydrogens (primary N) is 1. The molecule has 0 aromatic rings. The number of primary amides is 1. The number of carbonyl (C=O) groups is 2. The summed E-state index contributed by atoms with van der Waals surface area (Å²) in [6.45, 7) is 5.05. The van der Waals surface area contributed by atoms with Gasteiger partial charge in [0.1, 0.15) is 5.78 Å². The Bertz CT molecular complexity index is 212. The van der Waals surface area contributed by atoms with Gasteiger partial charge in [-0.3, -0.25) is 9.59 Å². The molecule has 1 saturated carbocycles. The van der Waals surface area contributed by atoms with Crippen molar-refractivity contribution in [3.05, 3.63) is 0 Å². The predicted octanol–water partition coefficient (Wildman–Crippen LogP) is 0.477. The van der Waals surface area contributed by atoms with Crippen LogP contribution in [-0.2, 0) is 9.59 Å². The molecule has 2 unspecified atom stereocenters. The summed E-state index contributed by atoms with van der Waals surface area (Å²) in [6.07, 6.45) is 0.602. The number of hydrogen-bond acceptors (Lipinski definition) is 2. The van der Waals surface area contributed by atoms with E-state index in [-0.39, 0.29) is 11.7 Å². The molecule has 0 radical (unpaired) electrons. The molecule has 2 N–H and O–H groups in total. The van der Waals surface area contributed by atoms with Gasteiger partial charge in [0.15, 0.2) is 0 Å². The standard InChI is InChI=1S/C8H13NO2/c1-5(10)7(2)4-8(7,3)6(9)11/h4H2,1-3H3,(H2,9,11). The molecule has 1 aliphatic carbocycles. The first-order valence-electron chi connectivity index (χ1n) is 3.65. The lowest BCUT2D eigenvalue weighted by atomic mass is 9.92. The van der Waals surface area contributed by atoms with Crippen molar-refractivity contribution in [2.45, 2.75) is 27.2 Å². The Hall–Kier alpha value is -0.860. The Morgan fingerprint density at radius 1 is 1.27 bits per heavy atom. The van der Waals surface area contributed by atoms with Gasteiger partial charge in [0, 0.05) is 5.41 Å². The number of amides is 1. The Labute approximate surface area is 66.0 Å². The van der Waals surface area contributed by atoms with E-state index >= 15 is 0 Å². The molecule has 0 aromatic heterocycles. The molecule has 2 atom stereocenters. The van der Waals surface area contributed by atoms with Crippen LogP contribution in [0.15, 0.2) is 0 Å². The summed E-state index contributed by atoms with van der Waals surface area (Å²) in [6, 6.07) is 0. The summed E-state index contributed by atoms with van der Waals surface area (Å²) in [5.41, 5.74) is 4.08. The molecular formula is C8H13NO2. The van der Waals surface area contributed by atoms with Crippen molar-refractivity contribution in [1.29, 1.82) is 0 Å². The van der Waals surface area contributed by atoms with Crippen LogP contribution in [0.4, 0.5) is 0 Å². The molecule has 1 rings (SSSR count). The first kappa shape index (κ1) is 8.24. The predicted molar refractivity (Wildman–Crippen MR) is 40.7 cm³/mol. The van der Waals surface area contributed by atoms with Crippen molar-refractivity contribution < 1.29 is 9.59 Å². The second-order valence-electron chi connectivity index (χ2n) is 3.76. The fourth-order valence-electron chi connectivity index (χ4n) is 1.53. The summed E-state index contributed by atoms with van der Waals surface area (Å²) >= 11 is 0. The van der Waals surface area contributed by atoms with Crippen molar-refractivity contribution in [2.24, 2.45) is 16.6 Å². The minimum atomic E-state index is -0.584. The van der Waals surface area contributed by atoms with Crippen molar-refractivity contribution in [2.75, 3.05) is 0 Å². The molecule has 3 heteroatoms. The molecule has 1 fully saturated rings. The van der Waals surface area contributed by atoms with Crippen LogP contribution in [0.5, 0.6) is 0 Å². The van der Waals surface area contributed by atoms with E-state index in [1.54, 1.807) is 13.8 Å². The molecule has 1 amide bonds. The maximum absolute atomic E-state index is 11.0. The van der Waals surface area contributed by atoms with Crippen molar-refractivity contribution in [3.8, 4) is 0 Å². The minimum absolute atomic E-state index is 0.0544. The van der Waals surface area contributed by atoms with Gasteiger partial charge in [-0.05, 0) is 20.3 Å². The average molecular weight is 155 g/mol. The van der Waals surface area contributed by atoms with Crippen LogP contribution in [0.3, 0.4) is 0 Å². The molecule has 0 heterocycles. The first-order chi connectivity index (χ1) is 4.84. The van der Waals surface area contributed by atoms with E-state index in [1.165, 1.54) is 6.92 Å². The molecule has 0 spiro atoms. The van der Waals surface area contributed by atoms with Crippen LogP contribution < -0.4 is 5.73 Å². The van der Waals surface area contributed by atoms with Gasteiger partial charge in [-0.15, -0.1) is 0 Å². The van der Waals surface area contributed by atoms with Crippen LogP contribution in [0.1, 0.15) is 27.2 Å². The molecule has 11 heavy (non-hydrogen) atoms. The van der Waals surface area contributed by atoms with Gasteiger partial charge in [0.25, 0.3) is 0 Å². The quantitative estimate of drug-likeness (QED) is 0.630. The number of rotatable bonds is 2. The Morgan fingerprint density at radius 3 is 1.82 bits per heavy atom. The lowest BCUT2D eigenvalue weighted by Crippen LogP contribution is -2.29. The molecule has 0 aliphatic heterocycles. The zero-order valence-electron chi connectivity index (χ0n) is 7.10. The smallest absolute Gasteiger partial charge is 0.224 e. The molecule has 0 saturated heterocycles. The second-order valence-corrected chi connectivity index (χ2v) is 3.76. The SMILES string of the molecule is CC(=O)C1(C)CC1(C)C(N)=O. The number of Topliss-reactive ketones (excluding diaryl/α,β-unsaturated/α-hetero) is 1. The third-order valence-electron chi connectivity index (χ3n) is 3.12. The fourth-order valence-corrected chi connectivity index (χ4v) is 1.53. The summed E-state index contributed by atoms with van der Waals surface area (Å²) in [5.74, 6) is -0.311. The monoisotopic (exact) mass is 155 g/mol. The van der Waals surface area contributed by atoms with E-state index in [0.29, 0.717) is 6.42 Å². The van der Waals surface area contributed by atoms with Gasteiger partial charge in [0.2, 0.25) is 5.91 Å². The van der Waals surface area contributed by atoms with Crippen molar-refractivity contribution in [1.82, 2.24) is 0 Å². The fraction of sp³-hybridized carbons (Fsp3) is 0.750. The summed E-state index contributed by atoms with van der Waals surface area (Å²) in [4.78, 5) is 21.9. The molecule has 0 aromatic carbocycles.